The minimum Gasteiger partial charge on any atom is -0.396 e. The number of nitrogens with one attached hydrogen (secondary N) is 1. The third kappa shape index (κ3) is 6.47. The van der Waals surface area contributed by atoms with Crippen molar-refractivity contribution in [3.8, 4) is 0 Å². The number of carbonyl (C=O) groups excluding carboxylic acids is 1. The number of aliphatic hydroxyl groups excluding tert-OH is 1. The first-order valence-electron chi connectivity index (χ1n) is 5.64. The second kappa shape index (κ2) is 8.68. The Morgan fingerprint density at radius 2 is 2.07 bits per heavy atom. The smallest absolute Gasteiger partial charge is 0.226 e. The van der Waals surface area contributed by atoms with Crippen molar-refractivity contribution in [2.24, 2.45) is 5.92 Å². The van der Waals surface area contributed by atoms with Crippen molar-refractivity contribution in [1.29, 1.82) is 0 Å². The topological polar surface area (TPSA) is 52.6 Å². The molecular formula is C11H24N2O2. The van der Waals surface area contributed by atoms with Gasteiger partial charge in [-0.05, 0) is 26.3 Å². The minimum absolute atomic E-state index is 0.0397. The molecule has 0 saturated heterocycles. The first-order valence-corrected chi connectivity index (χ1v) is 5.64. The van der Waals surface area contributed by atoms with Crippen molar-refractivity contribution in [1.82, 2.24) is 10.2 Å². The highest BCUT2D eigenvalue weighted by molar-refractivity contribution is 5.78. The van der Waals surface area contributed by atoms with Crippen LogP contribution in [0.25, 0.3) is 0 Å². The van der Waals surface area contributed by atoms with Crippen LogP contribution in [0, 0.1) is 5.92 Å². The van der Waals surface area contributed by atoms with Crippen molar-refractivity contribution in [2.75, 3.05) is 33.8 Å². The lowest BCUT2D eigenvalue weighted by atomic mass is 10.1. The van der Waals surface area contributed by atoms with E-state index >= 15 is 0 Å². The van der Waals surface area contributed by atoms with Crippen LogP contribution in [0.5, 0.6) is 0 Å². The number of hydrogen-bond acceptors (Lipinski definition) is 3. The molecule has 0 heterocycles. The van der Waals surface area contributed by atoms with Gasteiger partial charge >= 0.3 is 0 Å². The fourth-order valence-electron chi connectivity index (χ4n) is 1.52. The molecule has 0 aliphatic carbocycles. The van der Waals surface area contributed by atoms with Gasteiger partial charge in [0, 0.05) is 32.7 Å². The second-order valence-corrected chi connectivity index (χ2v) is 4.00. The average Bonchev–Trinajstić information content (AvgIpc) is 2.23. The van der Waals surface area contributed by atoms with E-state index in [1.807, 2.05) is 21.0 Å². The van der Waals surface area contributed by atoms with Gasteiger partial charge in [0.15, 0.2) is 0 Å². The summed E-state index contributed by atoms with van der Waals surface area (Å²) in [5.41, 5.74) is 0. The molecule has 4 nitrogen and oxygen atoms in total. The molecule has 1 amide bonds. The highest BCUT2D eigenvalue weighted by Gasteiger charge is 2.15. The SMILES string of the molecule is CNCC(C)C(=O)N(C)CCCCCO. The molecular weight excluding hydrogens is 192 g/mol. The maximum absolute atomic E-state index is 11.7. The van der Waals surface area contributed by atoms with Crippen LogP contribution in [0.15, 0.2) is 0 Å². The van der Waals surface area contributed by atoms with Crippen LogP contribution in [0.3, 0.4) is 0 Å². The van der Waals surface area contributed by atoms with Crippen molar-refractivity contribution >= 4 is 5.91 Å². The molecule has 0 aliphatic heterocycles. The van der Waals surface area contributed by atoms with Crippen molar-refractivity contribution in [3.63, 3.8) is 0 Å². The molecule has 0 aromatic rings. The van der Waals surface area contributed by atoms with Gasteiger partial charge in [-0.15, -0.1) is 0 Å². The van der Waals surface area contributed by atoms with E-state index in [0.717, 1.165) is 32.4 Å². The van der Waals surface area contributed by atoms with Gasteiger partial charge in [-0.1, -0.05) is 6.92 Å². The van der Waals surface area contributed by atoms with Gasteiger partial charge in [-0.25, -0.2) is 0 Å². The van der Waals surface area contributed by atoms with Crippen LogP contribution >= 0.6 is 0 Å². The molecule has 0 aromatic heterocycles. The van der Waals surface area contributed by atoms with E-state index in [-0.39, 0.29) is 18.4 Å². The average molecular weight is 216 g/mol. The Morgan fingerprint density at radius 1 is 1.40 bits per heavy atom. The van der Waals surface area contributed by atoms with Crippen LogP contribution in [0.1, 0.15) is 26.2 Å². The number of unbranched alkanes of at least 4 members (excludes halogenated alkanes) is 2. The summed E-state index contributed by atoms with van der Waals surface area (Å²) in [4.78, 5) is 13.5. The van der Waals surface area contributed by atoms with Gasteiger partial charge in [0.2, 0.25) is 5.91 Å². The Labute approximate surface area is 92.7 Å². The number of aliphatic hydroxyl groups is 1. The molecule has 90 valence electrons. The number of hydrogen-bond donors (Lipinski definition) is 2. The first kappa shape index (κ1) is 14.4. The number of carbonyl (C=O) groups is 1. The van der Waals surface area contributed by atoms with E-state index in [2.05, 4.69) is 5.32 Å². The zero-order chi connectivity index (χ0) is 11.7. The Hall–Kier alpha value is -0.610. The third-order valence-electron chi connectivity index (χ3n) is 2.46. The summed E-state index contributed by atoms with van der Waals surface area (Å²) < 4.78 is 0. The van der Waals surface area contributed by atoms with E-state index in [4.69, 9.17) is 5.11 Å². The molecule has 1 unspecified atom stereocenters. The predicted octanol–water partition coefficient (Wildman–Crippen LogP) is 0.463. The third-order valence-corrected chi connectivity index (χ3v) is 2.46. The summed E-state index contributed by atoms with van der Waals surface area (Å²) in [7, 11) is 3.69. The van der Waals surface area contributed by atoms with Crippen LogP contribution in [0.4, 0.5) is 0 Å². The van der Waals surface area contributed by atoms with Crippen molar-refractivity contribution in [2.45, 2.75) is 26.2 Å². The fraction of sp³-hybridized carbons (Fsp3) is 0.909. The van der Waals surface area contributed by atoms with Gasteiger partial charge in [-0.2, -0.15) is 0 Å². The molecule has 2 N–H and O–H groups in total. The van der Waals surface area contributed by atoms with Gasteiger partial charge in [-0.3, -0.25) is 4.79 Å². The zero-order valence-electron chi connectivity index (χ0n) is 10.1. The Morgan fingerprint density at radius 3 is 2.60 bits per heavy atom. The lowest BCUT2D eigenvalue weighted by molar-refractivity contribution is -0.133. The summed E-state index contributed by atoms with van der Waals surface area (Å²) in [6.07, 6.45) is 2.78. The van der Waals surface area contributed by atoms with Crippen LogP contribution in [-0.2, 0) is 4.79 Å². The first-order chi connectivity index (χ1) is 7.13. The zero-order valence-corrected chi connectivity index (χ0v) is 10.1. The van der Waals surface area contributed by atoms with E-state index in [0.29, 0.717) is 0 Å². The van der Waals surface area contributed by atoms with Gasteiger partial charge in [0.05, 0.1) is 0 Å². The van der Waals surface area contributed by atoms with E-state index in [1.54, 1.807) is 4.90 Å². The maximum atomic E-state index is 11.7. The molecule has 0 spiro atoms. The predicted molar refractivity (Wildman–Crippen MR) is 61.7 cm³/mol. The Kier molecular flexibility index (Phi) is 8.33. The van der Waals surface area contributed by atoms with Crippen molar-refractivity contribution in [3.05, 3.63) is 0 Å². The van der Waals surface area contributed by atoms with E-state index in [1.165, 1.54) is 0 Å². The Bertz CT molecular complexity index is 174. The molecule has 0 rings (SSSR count). The minimum atomic E-state index is 0.0397. The maximum Gasteiger partial charge on any atom is 0.226 e. The lowest BCUT2D eigenvalue weighted by Gasteiger charge is -2.21. The molecule has 4 heteroatoms. The lowest BCUT2D eigenvalue weighted by Crippen LogP contribution is -2.36. The molecule has 1 atom stereocenters. The number of amides is 1. The van der Waals surface area contributed by atoms with Crippen LogP contribution < -0.4 is 5.32 Å². The van der Waals surface area contributed by atoms with Crippen LogP contribution in [0.2, 0.25) is 0 Å². The molecule has 0 saturated carbocycles. The highest BCUT2D eigenvalue weighted by atomic mass is 16.2. The summed E-state index contributed by atoms with van der Waals surface area (Å²) >= 11 is 0. The monoisotopic (exact) mass is 216 g/mol. The summed E-state index contributed by atoms with van der Waals surface area (Å²) in [6, 6.07) is 0. The molecule has 0 radical (unpaired) electrons. The second-order valence-electron chi connectivity index (χ2n) is 4.00. The summed E-state index contributed by atoms with van der Waals surface area (Å²) in [5.74, 6) is 0.228. The summed E-state index contributed by atoms with van der Waals surface area (Å²) in [6.45, 7) is 3.68. The molecule has 15 heavy (non-hydrogen) atoms. The molecule has 0 bridgehead atoms. The van der Waals surface area contributed by atoms with E-state index < -0.39 is 0 Å². The van der Waals surface area contributed by atoms with Gasteiger partial charge in [0.1, 0.15) is 0 Å². The van der Waals surface area contributed by atoms with Crippen LogP contribution in [-0.4, -0.2) is 49.7 Å². The molecule has 0 fully saturated rings. The highest BCUT2D eigenvalue weighted by Crippen LogP contribution is 2.02. The molecule has 0 aromatic carbocycles. The summed E-state index contributed by atoms with van der Waals surface area (Å²) in [5, 5.41) is 11.6. The number of nitrogens with zero attached hydrogens (tertiary/aromatic N) is 1. The normalized spacial score (nSPS) is 12.5. The molecule has 0 aliphatic rings. The van der Waals surface area contributed by atoms with Gasteiger partial charge < -0.3 is 15.3 Å². The quantitative estimate of drug-likeness (QED) is 0.580. The number of rotatable bonds is 8. The standard InChI is InChI=1S/C11H24N2O2/c1-10(9-12-2)11(15)13(3)7-5-4-6-8-14/h10,12,14H,4-9H2,1-3H3. The fourth-order valence-corrected chi connectivity index (χ4v) is 1.52. The van der Waals surface area contributed by atoms with Crippen molar-refractivity contribution < 1.29 is 9.90 Å². The largest absolute Gasteiger partial charge is 0.396 e. The van der Waals surface area contributed by atoms with Gasteiger partial charge in [0.25, 0.3) is 0 Å². The Balaban J connectivity index is 3.68. The van der Waals surface area contributed by atoms with E-state index in [9.17, 15) is 4.79 Å².